The molecule has 4 nitrogen and oxygen atoms in total. The molecule has 1 aliphatic rings. The third kappa shape index (κ3) is 3.88. The molecule has 0 saturated carbocycles. The third-order valence-corrected chi connectivity index (χ3v) is 3.74. The fourth-order valence-corrected chi connectivity index (χ4v) is 2.64. The quantitative estimate of drug-likeness (QED) is 0.907. The number of aliphatic carboxylic acids is 1. The van der Waals surface area contributed by atoms with Crippen LogP contribution in [0.5, 0.6) is 11.5 Å². The van der Waals surface area contributed by atoms with Crippen molar-refractivity contribution in [3.05, 3.63) is 22.2 Å². The Bertz CT molecular complexity index is 511. The maximum absolute atomic E-state index is 10.6. The first-order valence-electron chi connectivity index (χ1n) is 6.67. The minimum atomic E-state index is -0.764. The van der Waals surface area contributed by atoms with E-state index in [1.54, 1.807) is 0 Å². The number of benzene rings is 1. The predicted octanol–water partition coefficient (Wildman–Crippen LogP) is 3.65. The molecule has 0 bridgehead atoms. The Hall–Kier alpha value is -1.23. The number of hydrogen-bond acceptors (Lipinski definition) is 3. The average molecular weight is 343 g/mol. The molecule has 1 heterocycles. The van der Waals surface area contributed by atoms with E-state index < -0.39 is 5.97 Å². The SMILES string of the molecule is CC1(C)COc2cc(CCCC(=O)O)cc(Br)c2OC1. The van der Waals surface area contributed by atoms with Gasteiger partial charge in [-0.05, 0) is 46.5 Å². The van der Waals surface area contributed by atoms with Gasteiger partial charge in [-0.25, -0.2) is 0 Å². The molecule has 0 unspecified atom stereocenters. The van der Waals surface area contributed by atoms with Crippen LogP contribution in [-0.4, -0.2) is 24.3 Å². The summed E-state index contributed by atoms with van der Waals surface area (Å²) in [7, 11) is 0. The Kier molecular flexibility index (Phi) is 4.58. The van der Waals surface area contributed by atoms with Crippen molar-refractivity contribution in [3.8, 4) is 11.5 Å². The van der Waals surface area contributed by atoms with E-state index in [1.165, 1.54) is 0 Å². The molecule has 1 aliphatic heterocycles. The van der Waals surface area contributed by atoms with Crippen molar-refractivity contribution in [3.63, 3.8) is 0 Å². The first-order chi connectivity index (χ1) is 9.37. The number of ether oxygens (including phenoxy) is 2. The molecule has 0 spiro atoms. The van der Waals surface area contributed by atoms with Crippen LogP contribution in [0.3, 0.4) is 0 Å². The number of halogens is 1. The second-order valence-electron chi connectivity index (χ2n) is 5.89. The minimum absolute atomic E-state index is 0.0259. The summed E-state index contributed by atoms with van der Waals surface area (Å²) in [4.78, 5) is 10.6. The summed E-state index contributed by atoms with van der Waals surface area (Å²) < 4.78 is 12.5. The number of carboxylic acid groups (broad SMARTS) is 1. The third-order valence-electron chi connectivity index (χ3n) is 3.15. The van der Waals surface area contributed by atoms with Crippen molar-refractivity contribution in [2.45, 2.75) is 33.1 Å². The van der Waals surface area contributed by atoms with Crippen LogP contribution in [0.4, 0.5) is 0 Å². The molecule has 0 fully saturated rings. The van der Waals surface area contributed by atoms with Crippen LogP contribution in [-0.2, 0) is 11.2 Å². The van der Waals surface area contributed by atoms with E-state index in [0.29, 0.717) is 26.1 Å². The lowest BCUT2D eigenvalue weighted by atomic mass is 9.97. The summed E-state index contributed by atoms with van der Waals surface area (Å²) in [5, 5.41) is 8.68. The lowest BCUT2D eigenvalue weighted by Crippen LogP contribution is -2.26. The Morgan fingerprint density at radius 2 is 2.05 bits per heavy atom. The molecule has 20 heavy (non-hydrogen) atoms. The summed E-state index contributed by atoms with van der Waals surface area (Å²) in [5.41, 5.74) is 1.03. The van der Waals surface area contributed by atoms with Gasteiger partial charge < -0.3 is 14.6 Å². The highest BCUT2D eigenvalue weighted by atomic mass is 79.9. The van der Waals surface area contributed by atoms with E-state index >= 15 is 0 Å². The van der Waals surface area contributed by atoms with Gasteiger partial charge in [0.25, 0.3) is 0 Å². The van der Waals surface area contributed by atoms with Gasteiger partial charge in [0, 0.05) is 11.8 Å². The largest absolute Gasteiger partial charge is 0.489 e. The Balaban J connectivity index is 2.14. The van der Waals surface area contributed by atoms with Crippen LogP contribution in [0.2, 0.25) is 0 Å². The van der Waals surface area contributed by atoms with E-state index in [2.05, 4.69) is 29.8 Å². The van der Waals surface area contributed by atoms with Crippen molar-refractivity contribution < 1.29 is 19.4 Å². The zero-order chi connectivity index (χ0) is 14.8. The van der Waals surface area contributed by atoms with Gasteiger partial charge in [-0.15, -0.1) is 0 Å². The van der Waals surface area contributed by atoms with Crippen LogP contribution in [0.1, 0.15) is 32.3 Å². The Morgan fingerprint density at radius 3 is 2.75 bits per heavy atom. The topological polar surface area (TPSA) is 55.8 Å². The first kappa shape index (κ1) is 15.2. The zero-order valence-corrected chi connectivity index (χ0v) is 13.3. The van der Waals surface area contributed by atoms with E-state index in [0.717, 1.165) is 21.5 Å². The van der Waals surface area contributed by atoms with Crippen molar-refractivity contribution in [1.82, 2.24) is 0 Å². The molecule has 0 aliphatic carbocycles. The van der Waals surface area contributed by atoms with Crippen LogP contribution in [0.15, 0.2) is 16.6 Å². The van der Waals surface area contributed by atoms with Gasteiger partial charge >= 0.3 is 5.97 Å². The van der Waals surface area contributed by atoms with Gasteiger partial charge in [-0.1, -0.05) is 13.8 Å². The van der Waals surface area contributed by atoms with Crippen molar-refractivity contribution >= 4 is 21.9 Å². The number of fused-ring (bicyclic) bond motifs is 1. The summed E-state index contributed by atoms with van der Waals surface area (Å²) >= 11 is 3.50. The molecule has 0 aromatic heterocycles. The smallest absolute Gasteiger partial charge is 0.303 e. The van der Waals surface area contributed by atoms with Gasteiger partial charge in [0.15, 0.2) is 11.5 Å². The standard InChI is InChI=1S/C15H19BrO4/c1-15(2)8-19-12-7-10(4-3-5-13(17)18)6-11(16)14(12)20-9-15/h6-7H,3-5,8-9H2,1-2H3,(H,17,18). The van der Waals surface area contributed by atoms with Crippen molar-refractivity contribution in [1.29, 1.82) is 0 Å². The fourth-order valence-electron chi connectivity index (χ4n) is 2.04. The average Bonchev–Trinajstić information content (AvgIpc) is 2.49. The van der Waals surface area contributed by atoms with Crippen molar-refractivity contribution in [2.24, 2.45) is 5.41 Å². The molecule has 1 aromatic carbocycles. The summed E-state index contributed by atoms with van der Waals surface area (Å²) in [6.45, 7) is 5.41. The highest BCUT2D eigenvalue weighted by Crippen LogP contribution is 2.40. The molecular formula is C15H19BrO4. The highest BCUT2D eigenvalue weighted by molar-refractivity contribution is 9.10. The summed E-state index contributed by atoms with van der Waals surface area (Å²) in [5.74, 6) is 0.702. The summed E-state index contributed by atoms with van der Waals surface area (Å²) in [6, 6.07) is 3.92. The molecule has 1 aromatic rings. The molecule has 5 heteroatoms. The van der Waals surface area contributed by atoms with Crippen LogP contribution in [0.25, 0.3) is 0 Å². The molecule has 0 radical (unpaired) electrons. The minimum Gasteiger partial charge on any atom is -0.489 e. The second kappa shape index (κ2) is 6.04. The first-order valence-corrected chi connectivity index (χ1v) is 7.46. The van der Waals surface area contributed by atoms with Crippen LogP contribution >= 0.6 is 15.9 Å². The monoisotopic (exact) mass is 342 g/mol. The number of aryl methyl sites for hydroxylation is 1. The van der Waals surface area contributed by atoms with Crippen molar-refractivity contribution in [2.75, 3.05) is 13.2 Å². The van der Waals surface area contributed by atoms with Crippen LogP contribution < -0.4 is 9.47 Å². The molecule has 110 valence electrons. The van der Waals surface area contributed by atoms with E-state index in [-0.39, 0.29) is 11.8 Å². The lowest BCUT2D eigenvalue weighted by molar-refractivity contribution is -0.137. The van der Waals surface area contributed by atoms with Gasteiger partial charge in [-0.3, -0.25) is 4.79 Å². The maximum Gasteiger partial charge on any atom is 0.303 e. The number of carbonyl (C=O) groups is 1. The van der Waals surface area contributed by atoms with E-state index in [9.17, 15) is 4.79 Å². The molecular weight excluding hydrogens is 324 g/mol. The highest BCUT2D eigenvalue weighted by Gasteiger charge is 2.26. The van der Waals surface area contributed by atoms with Gasteiger partial charge in [-0.2, -0.15) is 0 Å². The summed E-state index contributed by atoms with van der Waals surface area (Å²) in [6.07, 6.45) is 1.51. The zero-order valence-electron chi connectivity index (χ0n) is 11.7. The van der Waals surface area contributed by atoms with E-state index in [1.807, 2.05) is 12.1 Å². The number of carboxylic acids is 1. The number of rotatable bonds is 4. The normalized spacial score (nSPS) is 16.6. The fraction of sp³-hybridized carbons (Fsp3) is 0.533. The van der Waals surface area contributed by atoms with Gasteiger partial charge in [0.05, 0.1) is 17.7 Å². The molecule has 1 N–H and O–H groups in total. The Labute approximate surface area is 127 Å². The predicted molar refractivity (Wildman–Crippen MR) is 79.5 cm³/mol. The molecule has 0 amide bonds. The lowest BCUT2D eigenvalue weighted by Gasteiger charge is -2.19. The van der Waals surface area contributed by atoms with Gasteiger partial charge in [0.1, 0.15) is 0 Å². The maximum atomic E-state index is 10.6. The van der Waals surface area contributed by atoms with E-state index in [4.69, 9.17) is 14.6 Å². The molecule has 0 atom stereocenters. The van der Waals surface area contributed by atoms with Gasteiger partial charge in [0.2, 0.25) is 0 Å². The second-order valence-corrected chi connectivity index (χ2v) is 6.75. The molecule has 0 saturated heterocycles. The van der Waals surface area contributed by atoms with Crippen LogP contribution in [0, 0.1) is 5.41 Å². The Morgan fingerprint density at radius 1 is 1.35 bits per heavy atom. The molecule has 2 rings (SSSR count). The number of hydrogen-bond donors (Lipinski definition) is 1.